The molecule has 1 heterocycles. The number of alkyl halides is 3. The number of hydrogen-bond donors (Lipinski definition) is 0. The Morgan fingerprint density at radius 3 is 2.38 bits per heavy atom. The van der Waals surface area contributed by atoms with E-state index in [1.165, 1.54) is 12.1 Å². The second kappa shape index (κ2) is 7.06. The maximum Gasteiger partial charge on any atom is 0.416 e. The van der Waals surface area contributed by atoms with Crippen molar-refractivity contribution >= 4 is 11.8 Å². The predicted octanol–water partition coefficient (Wildman–Crippen LogP) is 6.01. The van der Waals surface area contributed by atoms with Crippen LogP contribution in [-0.2, 0) is 6.18 Å². The summed E-state index contributed by atoms with van der Waals surface area (Å²) < 4.78 is 44.3. The van der Waals surface area contributed by atoms with Crippen LogP contribution >= 0.6 is 0 Å². The van der Waals surface area contributed by atoms with Gasteiger partial charge in [-0.25, -0.2) is 0 Å². The van der Waals surface area contributed by atoms with Gasteiger partial charge < -0.3 is 9.64 Å². The van der Waals surface area contributed by atoms with E-state index in [0.717, 1.165) is 46.8 Å². The number of ether oxygens (including phenoxy) is 1. The molecule has 0 unspecified atom stereocenters. The average molecular weight is 361 g/mol. The van der Waals surface area contributed by atoms with Crippen molar-refractivity contribution in [3.05, 3.63) is 53.6 Å². The van der Waals surface area contributed by atoms with Gasteiger partial charge in [0.1, 0.15) is 5.75 Å². The molecule has 1 aliphatic rings. The van der Waals surface area contributed by atoms with Gasteiger partial charge in [0.05, 0.1) is 17.9 Å². The zero-order valence-corrected chi connectivity index (χ0v) is 15.1. The fourth-order valence-corrected chi connectivity index (χ4v) is 3.24. The molecule has 0 aromatic heterocycles. The van der Waals surface area contributed by atoms with E-state index in [4.69, 9.17) is 4.74 Å². The van der Waals surface area contributed by atoms with Gasteiger partial charge in [0, 0.05) is 23.7 Å². The molecule has 2 aromatic carbocycles. The lowest BCUT2D eigenvalue weighted by Gasteiger charge is -2.34. The Morgan fingerprint density at radius 1 is 1.12 bits per heavy atom. The molecule has 0 N–H and O–H groups in total. The van der Waals surface area contributed by atoms with Crippen LogP contribution in [0.3, 0.4) is 0 Å². The van der Waals surface area contributed by atoms with Crippen LogP contribution in [-0.4, -0.2) is 19.2 Å². The zero-order chi connectivity index (χ0) is 18.9. The van der Waals surface area contributed by atoms with Crippen molar-refractivity contribution in [1.82, 2.24) is 0 Å². The largest absolute Gasteiger partial charge is 0.494 e. The van der Waals surface area contributed by atoms with Crippen molar-refractivity contribution in [2.75, 3.05) is 18.1 Å². The number of hydrogen-bond acceptors (Lipinski definition) is 2. The van der Waals surface area contributed by atoms with Gasteiger partial charge in [-0.1, -0.05) is 24.3 Å². The molecule has 0 fully saturated rings. The Labute approximate surface area is 151 Å². The smallest absolute Gasteiger partial charge is 0.416 e. The maximum atomic E-state index is 12.9. The molecule has 0 spiro atoms. The summed E-state index contributed by atoms with van der Waals surface area (Å²) in [6.07, 6.45) is -0.198. The minimum atomic E-state index is -4.34. The molecule has 5 heteroatoms. The van der Waals surface area contributed by atoms with E-state index >= 15 is 0 Å². The van der Waals surface area contributed by atoms with E-state index in [2.05, 4.69) is 24.8 Å². The first-order chi connectivity index (χ1) is 12.3. The second-order valence-electron chi connectivity index (χ2n) is 6.57. The highest BCUT2D eigenvalue weighted by Crippen LogP contribution is 2.41. The fourth-order valence-electron chi connectivity index (χ4n) is 3.24. The maximum absolute atomic E-state index is 12.9. The van der Waals surface area contributed by atoms with Crippen LogP contribution in [0.15, 0.2) is 42.5 Å². The predicted molar refractivity (Wildman–Crippen MR) is 99.6 cm³/mol. The summed E-state index contributed by atoms with van der Waals surface area (Å²) in [5.74, 6) is 0.719. The van der Waals surface area contributed by atoms with E-state index < -0.39 is 11.7 Å². The summed E-state index contributed by atoms with van der Waals surface area (Å²) in [4.78, 5) is 2.25. The second-order valence-corrected chi connectivity index (χ2v) is 6.57. The minimum absolute atomic E-state index is 0.268. The molecule has 0 atom stereocenters. The molecule has 138 valence electrons. The molecule has 0 saturated carbocycles. The molecule has 0 radical (unpaired) electrons. The van der Waals surface area contributed by atoms with Gasteiger partial charge in [-0.15, -0.1) is 0 Å². The first kappa shape index (κ1) is 18.4. The number of fused-ring (bicyclic) bond motifs is 1. The number of benzene rings is 2. The van der Waals surface area contributed by atoms with Crippen molar-refractivity contribution in [3.8, 4) is 16.9 Å². The Morgan fingerprint density at radius 2 is 1.81 bits per heavy atom. The molecular weight excluding hydrogens is 339 g/mol. The van der Waals surface area contributed by atoms with Gasteiger partial charge in [0.25, 0.3) is 0 Å². The van der Waals surface area contributed by atoms with Crippen LogP contribution in [0, 0.1) is 0 Å². The summed E-state index contributed by atoms with van der Waals surface area (Å²) >= 11 is 0. The Hall–Kier alpha value is -2.43. The van der Waals surface area contributed by atoms with Crippen molar-refractivity contribution in [1.29, 1.82) is 0 Å². The van der Waals surface area contributed by atoms with Gasteiger partial charge in [0.15, 0.2) is 0 Å². The average Bonchev–Trinajstić information content (AvgIpc) is 2.60. The van der Waals surface area contributed by atoms with Crippen LogP contribution in [0.1, 0.15) is 31.9 Å². The highest BCUT2D eigenvalue weighted by atomic mass is 19.4. The third kappa shape index (κ3) is 3.57. The molecule has 0 saturated heterocycles. The topological polar surface area (TPSA) is 12.5 Å². The number of halogens is 3. The lowest BCUT2D eigenvalue weighted by Crippen LogP contribution is -2.33. The fraction of sp³-hybridized carbons (Fsp3) is 0.333. The Kier molecular flexibility index (Phi) is 4.99. The highest BCUT2D eigenvalue weighted by Gasteiger charge is 2.30. The van der Waals surface area contributed by atoms with Crippen molar-refractivity contribution in [2.24, 2.45) is 0 Å². The monoisotopic (exact) mass is 361 g/mol. The van der Waals surface area contributed by atoms with Gasteiger partial charge in [0.2, 0.25) is 0 Å². The SMILES string of the molecule is CCOc1cc2c(c(-c3ccc(C(F)(F)F)cc3)c1)N(C(C)C)CC=C2. The standard InChI is InChI=1S/C21H22F3NO/c1-4-26-18-12-16-6-5-11-25(14(2)3)20(16)19(13-18)15-7-9-17(10-8-15)21(22,23)24/h5-10,12-14H,4,11H2,1-3H3. The summed E-state index contributed by atoms with van der Waals surface area (Å²) in [5, 5.41) is 0. The van der Waals surface area contributed by atoms with E-state index in [0.29, 0.717) is 6.61 Å². The van der Waals surface area contributed by atoms with Crippen molar-refractivity contribution in [2.45, 2.75) is 33.0 Å². The highest BCUT2D eigenvalue weighted by molar-refractivity contribution is 5.88. The van der Waals surface area contributed by atoms with Crippen LogP contribution in [0.5, 0.6) is 5.75 Å². The van der Waals surface area contributed by atoms with Crippen LogP contribution in [0.4, 0.5) is 18.9 Å². The molecule has 0 amide bonds. The number of rotatable bonds is 4. The lowest BCUT2D eigenvalue weighted by molar-refractivity contribution is -0.137. The van der Waals surface area contributed by atoms with Gasteiger partial charge in [-0.2, -0.15) is 13.2 Å². The number of nitrogens with zero attached hydrogens (tertiary/aromatic N) is 1. The van der Waals surface area contributed by atoms with E-state index in [-0.39, 0.29) is 6.04 Å². The van der Waals surface area contributed by atoms with Crippen molar-refractivity contribution < 1.29 is 17.9 Å². The molecule has 2 nitrogen and oxygen atoms in total. The summed E-state index contributed by atoms with van der Waals surface area (Å²) in [6.45, 7) is 7.43. The molecule has 1 aliphatic heterocycles. The Balaban J connectivity index is 2.16. The molecule has 0 aliphatic carbocycles. The van der Waals surface area contributed by atoms with Gasteiger partial charge >= 0.3 is 6.18 Å². The summed E-state index contributed by atoms with van der Waals surface area (Å²) in [6, 6.07) is 9.50. The molecule has 0 bridgehead atoms. The van der Waals surface area contributed by atoms with Crippen LogP contribution in [0.25, 0.3) is 17.2 Å². The van der Waals surface area contributed by atoms with Crippen LogP contribution in [0.2, 0.25) is 0 Å². The van der Waals surface area contributed by atoms with E-state index in [1.54, 1.807) is 0 Å². The normalized spacial score (nSPS) is 13.9. The molecule has 2 aromatic rings. The van der Waals surface area contributed by atoms with Crippen LogP contribution < -0.4 is 9.64 Å². The summed E-state index contributed by atoms with van der Waals surface area (Å²) in [5.41, 5.74) is 3.04. The molecular formula is C21H22F3NO. The third-order valence-electron chi connectivity index (χ3n) is 4.46. The van der Waals surface area contributed by atoms with Crippen molar-refractivity contribution in [3.63, 3.8) is 0 Å². The first-order valence-electron chi connectivity index (χ1n) is 8.73. The first-order valence-corrected chi connectivity index (χ1v) is 8.73. The van der Waals surface area contributed by atoms with E-state index in [1.807, 2.05) is 25.1 Å². The number of anilines is 1. The van der Waals surface area contributed by atoms with E-state index in [9.17, 15) is 13.2 Å². The lowest BCUT2D eigenvalue weighted by atomic mass is 9.95. The molecule has 26 heavy (non-hydrogen) atoms. The Bertz CT molecular complexity index is 807. The quantitative estimate of drug-likeness (QED) is 0.661. The zero-order valence-electron chi connectivity index (χ0n) is 15.1. The van der Waals surface area contributed by atoms with Gasteiger partial charge in [-0.3, -0.25) is 0 Å². The summed E-state index contributed by atoms with van der Waals surface area (Å²) in [7, 11) is 0. The molecule has 3 rings (SSSR count). The van der Waals surface area contributed by atoms with Gasteiger partial charge in [-0.05, 0) is 50.6 Å². The minimum Gasteiger partial charge on any atom is -0.494 e. The third-order valence-corrected chi connectivity index (χ3v) is 4.46.